The molecule has 0 bridgehead atoms. The van der Waals surface area contributed by atoms with Crippen LogP contribution in [-0.2, 0) is 4.79 Å². The first-order valence-electron chi connectivity index (χ1n) is 7.17. The molecule has 1 atom stereocenters. The molecule has 0 aliphatic heterocycles. The van der Waals surface area contributed by atoms with Gasteiger partial charge in [0.05, 0.1) is 18.2 Å². The molecule has 2 aromatic rings. The van der Waals surface area contributed by atoms with Gasteiger partial charge >= 0.3 is 0 Å². The molecule has 24 heavy (non-hydrogen) atoms. The second-order valence-corrected chi connectivity index (χ2v) is 5.54. The highest BCUT2D eigenvalue weighted by molar-refractivity contribution is 6.30. The van der Waals surface area contributed by atoms with Gasteiger partial charge in [-0.05, 0) is 48.4 Å². The van der Waals surface area contributed by atoms with Crippen LogP contribution in [0.2, 0.25) is 5.02 Å². The van der Waals surface area contributed by atoms with Crippen LogP contribution >= 0.6 is 11.6 Å². The summed E-state index contributed by atoms with van der Waals surface area (Å²) in [5.74, 6) is -1.23. The van der Waals surface area contributed by atoms with Gasteiger partial charge in [-0.25, -0.2) is 8.78 Å². The minimum Gasteiger partial charge on any atom is -0.494 e. The van der Waals surface area contributed by atoms with Crippen LogP contribution in [0.15, 0.2) is 42.5 Å². The van der Waals surface area contributed by atoms with Crippen LogP contribution in [0, 0.1) is 11.6 Å². The van der Waals surface area contributed by atoms with Crippen molar-refractivity contribution in [2.45, 2.75) is 13.0 Å². The van der Waals surface area contributed by atoms with Crippen molar-refractivity contribution in [3.63, 3.8) is 0 Å². The lowest BCUT2D eigenvalue weighted by Crippen LogP contribution is -2.24. The summed E-state index contributed by atoms with van der Waals surface area (Å²) >= 11 is 5.68. The van der Waals surface area contributed by atoms with E-state index in [9.17, 15) is 13.6 Å². The molecule has 3 nitrogen and oxygen atoms in total. The highest BCUT2D eigenvalue weighted by Crippen LogP contribution is 2.22. The Morgan fingerprint density at radius 3 is 2.58 bits per heavy atom. The topological polar surface area (TPSA) is 38.3 Å². The van der Waals surface area contributed by atoms with Gasteiger partial charge in [-0.3, -0.25) is 4.79 Å². The summed E-state index contributed by atoms with van der Waals surface area (Å²) in [5, 5.41) is 2.70. The summed E-state index contributed by atoms with van der Waals surface area (Å²) in [6, 6.07) is 8.26. The standard InChI is InChI=1S/C18H16ClF2NO2/c1-11(13-5-7-17(24-2)16(21)10-13)22-18(23)8-4-12-3-6-15(20)14(19)9-12/h3-11H,1-2H3,(H,22,23)/b8-4+/t11-/m1/s1. The van der Waals surface area contributed by atoms with Gasteiger partial charge in [0.15, 0.2) is 11.6 Å². The van der Waals surface area contributed by atoms with Crippen LogP contribution in [-0.4, -0.2) is 13.0 Å². The second-order valence-electron chi connectivity index (χ2n) is 5.13. The van der Waals surface area contributed by atoms with Gasteiger partial charge in [0, 0.05) is 6.08 Å². The van der Waals surface area contributed by atoms with Crippen molar-refractivity contribution in [1.82, 2.24) is 5.32 Å². The Labute approximate surface area is 143 Å². The Hall–Kier alpha value is -2.40. The lowest BCUT2D eigenvalue weighted by Gasteiger charge is -2.14. The highest BCUT2D eigenvalue weighted by Gasteiger charge is 2.11. The minimum absolute atomic E-state index is 0.0142. The van der Waals surface area contributed by atoms with Gasteiger partial charge in [0.2, 0.25) is 5.91 Å². The van der Waals surface area contributed by atoms with Crippen LogP contribution in [0.5, 0.6) is 5.75 Å². The summed E-state index contributed by atoms with van der Waals surface area (Å²) in [4.78, 5) is 11.9. The van der Waals surface area contributed by atoms with Gasteiger partial charge in [-0.1, -0.05) is 23.7 Å². The molecule has 0 heterocycles. The van der Waals surface area contributed by atoms with Crippen molar-refractivity contribution in [1.29, 1.82) is 0 Å². The van der Waals surface area contributed by atoms with E-state index in [1.165, 1.54) is 49.6 Å². The number of nitrogens with one attached hydrogen (secondary N) is 1. The summed E-state index contributed by atoms with van der Waals surface area (Å²) in [6.45, 7) is 1.74. The number of benzene rings is 2. The fraction of sp³-hybridized carbons (Fsp3) is 0.167. The summed E-state index contributed by atoms with van der Waals surface area (Å²) in [7, 11) is 1.38. The van der Waals surface area contributed by atoms with Crippen molar-refractivity contribution < 1.29 is 18.3 Å². The predicted octanol–water partition coefficient (Wildman–Crippen LogP) is 4.52. The van der Waals surface area contributed by atoms with Gasteiger partial charge in [-0.2, -0.15) is 0 Å². The fourth-order valence-electron chi connectivity index (χ4n) is 2.08. The fourth-order valence-corrected chi connectivity index (χ4v) is 2.27. The van der Waals surface area contributed by atoms with E-state index >= 15 is 0 Å². The number of amides is 1. The summed E-state index contributed by atoms with van der Waals surface area (Å²) in [5.41, 5.74) is 1.21. The SMILES string of the molecule is COc1ccc([C@@H](C)NC(=O)/C=C/c2ccc(F)c(Cl)c2)cc1F. The molecule has 2 rings (SSSR count). The third-order valence-electron chi connectivity index (χ3n) is 3.41. The first-order valence-corrected chi connectivity index (χ1v) is 7.55. The van der Waals surface area contributed by atoms with E-state index in [1.54, 1.807) is 13.0 Å². The molecular formula is C18H16ClF2NO2. The summed E-state index contributed by atoms with van der Waals surface area (Å²) in [6.07, 6.45) is 2.82. The first-order chi connectivity index (χ1) is 11.4. The van der Waals surface area contributed by atoms with Crippen LogP contribution in [0.1, 0.15) is 24.1 Å². The van der Waals surface area contributed by atoms with E-state index in [4.69, 9.17) is 16.3 Å². The van der Waals surface area contributed by atoms with Crippen LogP contribution in [0.4, 0.5) is 8.78 Å². The highest BCUT2D eigenvalue weighted by atomic mass is 35.5. The third kappa shape index (κ3) is 4.55. The van der Waals surface area contributed by atoms with Gasteiger partial charge in [0.25, 0.3) is 0 Å². The number of halogens is 3. The molecule has 0 fully saturated rings. The van der Waals surface area contributed by atoms with E-state index in [-0.39, 0.29) is 22.7 Å². The van der Waals surface area contributed by atoms with Crippen molar-refractivity contribution in [2.24, 2.45) is 0 Å². The Bertz CT molecular complexity index is 778. The maximum absolute atomic E-state index is 13.7. The zero-order valence-corrected chi connectivity index (χ0v) is 13.9. The van der Waals surface area contributed by atoms with Crippen molar-refractivity contribution >= 4 is 23.6 Å². The molecule has 1 N–H and O–H groups in total. The Kier molecular flexibility index (Phi) is 5.93. The van der Waals surface area contributed by atoms with E-state index in [0.29, 0.717) is 11.1 Å². The lowest BCUT2D eigenvalue weighted by molar-refractivity contribution is -0.117. The first kappa shape index (κ1) is 17.9. The molecule has 0 aliphatic rings. The second kappa shape index (κ2) is 7.93. The number of carbonyl (C=O) groups excluding carboxylic acids is 1. The Morgan fingerprint density at radius 2 is 1.96 bits per heavy atom. The van der Waals surface area contributed by atoms with Gasteiger partial charge < -0.3 is 10.1 Å². The molecule has 0 radical (unpaired) electrons. The number of carbonyl (C=O) groups is 1. The molecule has 0 saturated carbocycles. The zero-order valence-electron chi connectivity index (χ0n) is 13.1. The number of hydrogen-bond donors (Lipinski definition) is 1. The van der Waals surface area contributed by atoms with Crippen LogP contribution < -0.4 is 10.1 Å². The molecule has 0 spiro atoms. The van der Waals surface area contributed by atoms with Crippen molar-refractivity contribution in [3.05, 3.63) is 70.3 Å². The number of rotatable bonds is 5. The lowest BCUT2D eigenvalue weighted by atomic mass is 10.1. The Balaban J connectivity index is 2.01. The third-order valence-corrected chi connectivity index (χ3v) is 3.70. The van der Waals surface area contributed by atoms with E-state index in [2.05, 4.69) is 5.32 Å². The van der Waals surface area contributed by atoms with E-state index in [0.717, 1.165) is 0 Å². The minimum atomic E-state index is -0.520. The summed E-state index contributed by atoms with van der Waals surface area (Å²) < 4.78 is 31.6. The molecule has 0 unspecified atom stereocenters. The Morgan fingerprint density at radius 1 is 1.21 bits per heavy atom. The van der Waals surface area contributed by atoms with Crippen molar-refractivity contribution in [2.75, 3.05) is 7.11 Å². The smallest absolute Gasteiger partial charge is 0.244 e. The molecule has 126 valence electrons. The number of ether oxygens (including phenoxy) is 1. The monoisotopic (exact) mass is 351 g/mol. The molecule has 2 aromatic carbocycles. The molecule has 0 saturated heterocycles. The molecule has 1 amide bonds. The molecule has 0 aromatic heterocycles. The normalized spacial score (nSPS) is 12.2. The van der Waals surface area contributed by atoms with Gasteiger partial charge in [-0.15, -0.1) is 0 Å². The van der Waals surface area contributed by atoms with Crippen molar-refractivity contribution in [3.8, 4) is 5.75 Å². The quantitative estimate of drug-likeness (QED) is 0.804. The average Bonchev–Trinajstić information content (AvgIpc) is 2.55. The van der Waals surface area contributed by atoms with E-state index in [1.807, 2.05) is 0 Å². The maximum Gasteiger partial charge on any atom is 0.244 e. The average molecular weight is 352 g/mol. The molecule has 6 heteroatoms. The maximum atomic E-state index is 13.7. The number of hydrogen-bond acceptors (Lipinski definition) is 2. The largest absolute Gasteiger partial charge is 0.494 e. The molecule has 0 aliphatic carbocycles. The van der Waals surface area contributed by atoms with Crippen LogP contribution in [0.25, 0.3) is 6.08 Å². The van der Waals surface area contributed by atoms with E-state index < -0.39 is 11.6 Å². The predicted molar refractivity (Wildman–Crippen MR) is 90.0 cm³/mol. The number of methoxy groups -OCH3 is 1. The van der Waals surface area contributed by atoms with Crippen LogP contribution in [0.3, 0.4) is 0 Å². The zero-order chi connectivity index (χ0) is 17.7. The molecular weight excluding hydrogens is 336 g/mol. The van der Waals surface area contributed by atoms with Gasteiger partial charge in [0.1, 0.15) is 5.82 Å².